The molecule has 1 atom stereocenters. The second kappa shape index (κ2) is 4.84. The van der Waals surface area contributed by atoms with Crippen molar-refractivity contribution in [1.29, 1.82) is 0 Å². The van der Waals surface area contributed by atoms with Crippen LogP contribution in [0.1, 0.15) is 24.9 Å². The molecule has 2 rings (SSSR count). The zero-order chi connectivity index (χ0) is 11.4. The lowest BCUT2D eigenvalue weighted by Crippen LogP contribution is -2.27. The van der Waals surface area contributed by atoms with Crippen molar-refractivity contribution in [3.63, 3.8) is 0 Å². The number of benzene rings is 1. The molecule has 1 aromatic rings. The molecule has 16 heavy (non-hydrogen) atoms. The van der Waals surface area contributed by atoms with Crippen LogP contribution in [-0.2, 0) is 4.74 Å². The van der Waals surface area contributed by atoms with Gasteiger partial charge in [0, 0.05) is 6.20 Å². The van der Waals surface area contributed by atoms with Gasteiger partial charge in [0.1, 0.15) is 0 Å². The normalized spacial score (nSPS) is 18.8. The molecule has 0 N–H and O–H groups in total. The summed E-state index contributed by atoms with van der Waals surface area (Å²) < 4.78 is 5.01. The van der Waals surface area contributed by atoms with Crippen LogP contribution in [0.25, 0.3) is 0 Å². The Labute approximate surface area is 95.3 Å². The first-order valence-electron chi connectivity index (χ1n) is 5.49. The van der Waals surface area contributed by atoms with Crippen molar-refractivity contribution in [2.45, 2.75) is 19.4 Å². The Morgan fingerprint density at radius 3 is 2.88 bits per heavy atom. The highest BCUT2D eigenvalue weighted by Crippen LogP contribution is 2.30. The van der Waals surface area contributed by atoms with Crippen LogP contribution in [0.3, 0.4) is 0 Å². The molecule has 0 saturated carbocycles. The van der Waals surface area contributed by atoms with Crippen molar-refractivity contribution in [2.75, 3.05) is 6.61 Å². The summed E-state index contributed by atoms with van der Waals surface area (Å²) >= 11 is 0. The van der Waals surface area contributed by atoms with E-state index in [0.717, 1.165) is 12.0 Å². The molecule has 1 aliphatic rings. The van der Waals surface area contributed by atoms with E-state index in [-0.39, 0.29) is 12.1 Å². The molecule has 0 saturated heterocycles. The van der Waals surface area contributed by atoms with Crippen LogP contribution in [0.5, 0.6) is 0 Å². The van der Waals surface area contributed by atoms with E-state index in [1.54, 1.807) is 11.1 Å². The van der Waals surface area contributed by atoms with Gasteiger partial charge in [0.15, 0.2) is 0 Å². The molecule has 3 nitrogen and oxygen atoms in total. The van der Waals surface area contributed by atoms with Crippen LogP contribution in [0, 0.1) is 0 Å². The maximum Gasteiger partial charge on any atom is 0.414 e. The van der Waals surface area contributed by atoms with Crippen molar-refractivity contribution in [1.82, 2.24) is 4.90 Å². The number of nitrogens with zero attached hydrogens (tertiary/aromatic N) is 1. The van der Waals surface area contributed by atoms with E-state index in [1.165, 1.54) is 0 Å². The zero-order valence-corrected chi connectivity index (χ0v) is 9.30. The van der Waals surface area contributed by atoms with Crippen molar-refractivity contribution >= 4 is 6.09 Å². The Balaban J connectivity index is 2.14. The predicted octanol–water partition coefficient (Wildman–Crippen LogP) is 3.10. The number of amides is 1. The molecule has 0 bridgehead atoms. The minimum atomic E-state index is -0.273. The summed E-state index contributed by atoms with van der Waals surface area (Å²) in [6.07, 6.45) is 4.37. The van der Waals surface area contributed by atoms with Crippen LogP contribution in [-0.4, -0.2) is 17.6 Å². The Kier molecular flexibility index (Phi) is 3.25. The molecule has 1 aliphatic heterocycles. The molecule has 3 heteroatoms. The molecule has 1 amide bonds. The van der Waals surface area contributed by atoms with Crippen LogP contribution >= 0.6 is 0 Å². The van der Waals surface area contributed by atoms with Gasteiger partial charge in [-0.2, -0.15) is 0 Å². The van der Waals surface area contributed by atoms with Gasteiger partial charge in [-0.05, 0) is 18.9 Å². The fourth-order valence-electron chi connectivity index (χ4n) is 1.88. The second-order valence-corrected chi connectivity index (χ2v) is 3.65. The van der Waals surface area contributed by atoms with Gasteiger partial charge in [0.25, 0.3) is 0 Å². The van der Waals surface area contributed by atoms with Crippen molar-refractivity contribution < 1.29 is 9.53 Å². The Hall–Kier alpha value is -1.77. The van der Waals surface area contributed by atoms with Crippen LogP contribution in [0.2, 0.25) is 0 Å². The Morgan fingerprint density at radius 2 is 2.19 bits per heavy atom. The summed E-state index contributed by atoms with van der Waals surface area (Å²) in [7, 11) is 0. The average molecular weight is 217 g/mol. The molecule has 1 heterocycles. The highest BCUT2D eigenvalue weighted by molar-refractivity contribution is 5.70. The molecule has 1 unspecified atom stereocenters. The van der Waals surface area contributed by atoms with Gasteiger partial charge in [-0.25, -0.2) is 4.79 Å². The standard InChI is InChI=1S/C13H15NO2/c1-2-16-13(15)14-10-6-9-12(14)11-7-4-3-5-8-11/h3-8,10,12H,2,9H2,1H3. The van der Waals surface area contributed by atoms with Gasteiger partial charge in [0.2, 0.25) is 0 Å². The van der Waals surface area contributed by atoms with E-state index < -0.39 is 0 Å². The van der Waals surface area contributed by atoms with E-state index in [1.807, 2.05) is 43.3 Å². The predicted molar refractivity (Wildman–Crippen MR) is 61.8 cm³/mol. The topological polar surface area (TPSA) is 29.5 Å². The summed E-state index contributed by atoms with van der Waals surface area (Å²) in [5.74, 6) is 0. The van der Waals surface area contributed by atoms with Crippen molar-refractivity contribution in [2.24, 2.45) is 0 Å². The molecule has 0 fully saturated rings. The maximum absolute atomic E-state index is 11.7. The molecule has 0 spiro atoms. The first-order chi connectivity index (χ1) is 7.83. The quantitative estimate of drug-likeness (QED) is 0.761. The van der Waals surface area contributed by atoms with E-state index in [2.05, 4.69) is 0 Å². The Morgan fingerprint density at radius 1 is 1.44 bits per heavy atom. The summed E-state index contributed by atoms with van der Waals surface area (Å²) in [5, 5.41) is 0. The summed E-state index contributed by atoms with van der Waals surface area (Å²) in [6, 6.07) is 10.1. The largest absolute Gasteiger partial charge is 0.449 e. The Bertz CT molecular complexity index is 386. The summed E-state index contributed by atoms with van der Waals surface area (Å²) in [5.41, 5.74) is 1.14. The smallest absolute Gasteiger partial charge is 0.414 e. The number of carbonyl (C=O) groups is 1. The van der Waals surface area contributed by atoms with Crippen LogP contribution in [0.4, 0.5) is 4.79 Å². The molecular weight excluding hydrogens is 202 g/mol. The number of carbonyl (C=O) groups excluding carboxylic acids is 1. The van der Waals surface area contributed by atoms with E-state index in [0.29, 0.717) is 6.61 Å². The monoisotopic (exact) mass is 217 g/mol. The van der Waals surface area contributed by atoms with Gasteiger partial charge in [-0.1, -0.05) is 36.4 Å². The fraction of sp³-hybridized carbons (Fsp3) is 0.308. The second-order valence-electron chi connectivity index (χ2n) is 3.65. The average Bonchev–Trinajstić information content (AvgIpc) is 2.79. The van der Waals surface area contributed by atoms with Crippen LogP contribution < -0.4 is 0 Å². The maximum atomic E-state index is 11.7. The lowest BCUT2D eigenvalue weighted by Gasteiger charge is -2.23. The van der Waals surface area contributed by atoms with E-state index >= 15 is 0 Å². The van der Waals surface area contributed by atoms with Gasteiger partial charge in [-0.15, -0.1) is 0 Å². The van der Waals surface area contributed by atoms with E-state index in [4.69, 9.17) is 4.74 Å². The highest BCUT2D eigenvalue weighted by Gasteiger charge is 2.26. The number of hydrogen-bond acceptors (Lipinski definition) is 2. The fourth-order valence-corrected chi connectivity index (χ4v) is 1.88. The molecular formula is C13H15NO2. The van der Waals surface area contributed by atoms with Crippen LogP contribution in [0.15, 0.2) is 42.6 Å². The molecule has 0 aromatic heterocycles. The number of ether oxygens (including phenoxy) is 1. The lowest BCUT2D eigenvalue weighted by atomic mass is 10.1. The summed E-state index contributed by atoms with van der Waals surface area (Å²) in [4.78, 5) is 13.3. The van der Waals surface area contributed by atoms with Gasteiger partial charge in [-0.3, -0.25) is 4.90 Å². The SMILES string of the molecule is CCOC(=O)N1C=CCC1c1ccccc1. The molecule has 0 radical (unpaired) electrons. The third kappa shape index (κ3) is 2.08. The molecule has 1 aromatic carbocycles. The zero-order valence-electron chi connectivity index (χ0n) is 9.30. The van der Waals surface area contributed by atoms with Gasteiger partial charge < -0.3 is 4.74 Å². The third-order valence-corrected chi connectivity index (χ3v) is 2.62. The number of rotatable bonds is 2. The van der Waals surface area contributed by atoms with Gasteiger partial charge in [0.05, 0.1) is 12.6 Å². The van der Waals surface area contributed by atoms with Crippen molar-refractivity contribution in [3.05, 3.63) is 48.2 Å². The van der Waals surface area contributed by atoms with Gasteiger partial charge >= 0.3 is 6.09 Å². The summed E-state index contributed by atoms with van der Waals surface area (Å²) in [6.45, 7) is 2.22. The minimum Gasteiger partial charge on any atom is -0.449 e. The third-order valence-electron chi connectivity index (χ3n) is 2.62. The van der Waals surface area contributed by atoms with E-state index in [9.17, 15) is 4.79 Å². The highest BCUT2D eigenvalue weighted by atomic mass is 16.6. The lowest BCUT2D eigenvalue weighted by molar-refractivity contribution is 0.113. The first-order valence-corrected chi connectivity index (χ1v) is 5.49. The number of hydrogen-bond donors (Lipinski definition) is 0. The van der Waals surface area contributed by atoms with Crippen molar-refractivity contribution in [3.8, 4) is 0 Å². The first kappa shape index (κ1) is 10.7. The minimum absolute atomic E-state index is 0.0836. The molecule has 0 aliphatic carbocycles. The molecule has 84 valence electrons.